The highest BCUT2D eigenvalue weighted by molar-refractivity contribution is 5.92. The summed E-state index contributed by atoms with van der Waals surface area (Å²) in [6.45, 7) is 3.90. The van der Waals surface area contributed by atoms with Crippen LogP contribution in [-0.2, 0) is 16.0 Å². The Morgan fingerprint density at radius 3 is 3.09 bits per heavy atom. The van der Waals surface area contributed by atoms with E-state index in [0.717, 1.165) is 24.1 Å². The number of nitriles is 1. The zero-order chi connectivity index (χ0) is 16.1. The molecule has 22 heavy (non-hydrogen) atoms. The molecule has 1 aliphatic heterocycles. The van der Waals surface area contributed by atoms with Crippen molar-refractivity contribution in [1.82, 2.24) is 5.43 Å². The number of hydrazine groups is 1. The van der Waals surface area contributed by atoms with Crippen LogP contribution in [0.25, 0.3) is 0 Å². The third kappa shape index (κ3) is 3.37. The van der Waals surface area contributed by atoms with Crippen molar-refractivity contribution in [3.05, 3.63) is 41.4 Å². The van der Waals surface area contributed by atoms with E-state index in [4.69, 9.17) is 10.00 Å². The molecule has 2 rings (SSSR count). The summed E-state index contributed by atoms with van der Waals surface area (Å²) in [5.74, 6) is -0.936. The number of halogens is 1. The van der Waals surface area contributed by atoms with Crippen LogP contribution in [0, 0.1) is 17.1 Å². The summed E-state index contributed by atoms with van der Waals surface area (Å²) in [6, 6.07) is 6.56. The molecule has 1 heterocycles. The van der Waals surface area contributed by atoms with Crippen molar-refractivity contribution in [2.24, 2.45) is 0 Å². The number of benzene rings is 1. The van der Waals surface area contributed by atoms with Gasteiger partial charge < -0.3 is 10.2 Å². The summed E-state index contributed by atoms with van der Waals surface area (Å²) in [7, 11) is 0. The first-order valence-electron chi connectivity index (χ1n) is 7.18. The summed E-state index contributed by atoms with van der Waals surface area (Å²) in [5, 5.41) is 10.9. The average molecular weight is 303 g/mol. The molecule has 0 radical (unpaired) electrons. The maximum Gasteiger partial charge on any atom is 0.350 e. The van der Waals surface area contributed by atoms with Gasteiger partial charge in [-0.05, 0) is 50.5 Å². The Morgan fingerprint density at radius 1 is 1.64 bits per heavy atom. The molecule has 116 valence electrons. The van der Waals surface area contributed by atoms with Gasteiger partial charge in [-0.3, -0.25) is 5.01 Å². The predicted octanol–water partition coefficient (Wildman–Crippen LogP) is 2.44. The van der Waals surface area contributed by atoms with E-state index >= 15 is 0 Å². The highest BCUT2D eigenvalue weighted by Crippen LogP contribution is 2.29. The van der Waals surface area contributed by atoms with Gasteiger partial charge in [0.1, 0.15) is 11.9 Å². The van der Waals surface area contributed by atoms with E-state index in [-0.39, 0.29) is 24.0 Å². The van der Waals surface area contributed by atoms with Gasteiger partial charge in [0.25, 0.3) is 0 Å². The molecule has 1 aromatic rings. The summed E-state index contributed by atoms with van der Waals surface area (Å²) in [5.41, 5.74) is 4.60. The Balaban J connectivity index is 2.22. The van der Waals surface area contributed by atoms with Crippen molar-refractivity contribution in [1.29, 1.82) is 5.26 Å². The number of hydrogen-bond donors (Lipinski definition) is 1. The number of carbonyl (C=O) groups excluding carboxylic acids is 1. The minimum atomic E-state index is -0.665. The van der Waals surface area contributed by atoms with Crippen molar-refractivity contribution in [3.63, 3.8) is 0 Å². The van der Waals surface area contributed by atoms with E-state index in [2.05, 4.69) is 5.43 Å². The molecule has 0 aromatic heterocycles. The summed E-state index contributed by atoms with van der Waals surface area (Å²) < 4.78 is 18.1. The Hall–Kier alpha value is -2.55. The van der Waals surface area contributed by atoms with E-state index in [9.17, 15) is 9.18 Å². The normalized spacial score (nSPS) is 17.5. The van der Waals surface area contributed by atoms with Crippen LogP contribution in [-0.4, -0.2) is 18.6 Å². The summed E-state index contributed by atoms with van der Waals surface area (Å²) >= 11 is 0. The number of anilines is 1. The summed E-state index contributed by atoms with van der Waals surface area (Å²) in [6.07, 6.45) is 2.96. The molecule has 0 amide bonds. The molecule has 1 aromatic carbocycles. The molecule has 1 aliphatic rings. The molecule has 6 heteroatoms. The van der Waals surface area contributed by atoms with Gasteiger partial charge >= 0.3 is 5.97 Å². The molecule has 1 unspecified atom stereocenters. The van der Waals surface area contributed by atoms with E-state index in [0.29, 0.717) is 0 Å². The minimum absolute atomic E-state index is 0.108. The Kier molecular flexibility index (Phi) is 4.99. The first-order chi connectivity index (χ1) is 10.6. The van der Waals surface area contributed by atoms with Crippen LogP contribution in [0.2, 0.25) is 0 Å². The van der Waals surface area contributed by atoms with Crippen LogP contribution in [0.15, 0.2) is 30.0 Å². The lowest BCUT2D eigenvalue weighted by molar-refractivity contribution is -0.138. The standard InChI is InChI=1S/C16H18FN3O2/c1-3-22-16(21)13(9-18)10-19-20-11(2)4-5-12-8-14(17)6-7-15(12)20/h6-8,10-11,19H,3-5H2,1-2H3/b13-10-. The first kappa shape index (κ1) is 15.8. The fourth-order valence-electron chi connectivity index (χ4n) is 2.40. The number of ether oxygens (including phenoxy) is 1. The van der Waals surface area contributed by atoms with Crippen molar-refractivity contribution < 1.29 is 13.9 Å². The summed E-state index contributed by atoms with van der Waals surface area (Å²) in [4.78, 5) is 11.6. The van der Waals surface area contributed by atoms with E-state index in [1.807, 2.05) is 18.0 Å². The van der Waals surface area contributed by atoms with Crippen LogP contribution >= 0.6 is 0 Å². The largest absolute Gasteiger partial charge is 0.462 e. The smallest absolute Gasteiger partial charge is 0.350 e. The van der Waals surface area contributed by atoms with Gasteiger partial charge in [-0.1, -0.05) is 0 Å². The second-order valence-electron chi connectivity index (χ2n) is 5.05. The number of nitrogens with one attached hydrogen (secondary N) is 1. The minimum Gasteiger partial charge on any atom is -0.462 e. The fraction of sp³-hybridized carbons (Fsp3) is 0.375. The number of fused-ring (bicyclic) bond motifs is 1. The van der Waals surface area contributed by atoms with E-state index in [1.165, 1.54) is 18.3 Å². The Labute approximate surface area is 128 Å². The molecule has 0 saturated carbocycles. The van der Waals surface area contributed by atoms with Gasteiger partial charge in [0, 0.05) is 12.2 Å². The van der Waals surface area contributed by atoms with Crippen molar-refractivity contribution >= 4 is 11.7 Å². The number of nitrogens with zero attached hydrogens (tertiary/aromatic N) is 2. The zero-order valence-electron chi connectivity index (χ0n) is 12.6. The van der Waals surface area contributed by atoms with Gasteiger partial charge in [0.15, 0.2) is 5.57 Å². The van der Waals surface area contributed by atoms with Crippen molar-refractivity contribution in [2.45, 2.75) is 32.7 Å². The molecule has 0 fully saturated rings. The molecular weight excluding hydrogens is 285 g/mol. The average Bonchev–Trinajstić information content (AvgIpc) is 2.50. The second kappa shape index (κ2) is 6.94. The number of aryl methyl sites for hydroxylation is 1. The lowest BCUT2D eigenvalue weighted by atomic mass is 9.98. The van der Waals surface area contributed by atoms with Crippen LogP contribution < -0.4 is 10.4 Å². The third-order valence-electron chi connectivity index (χ3n) is 3.54. The number of carbonyl (C=O) groups is 1. The molecule has 0 bridgehead atoms. The lowest BCUT2D eigenvalue weighted by Crippen LogP contribution is -2.45. The number of hydrogen-bond acceptors (Lipinski definition) is 5. The van der Waals surface area contributed by atoms with Gasteiger partial charge in [0.05, 0.1) is 12.3 Å². The molecule has 1 N–H and O–H groups in total. The molecular formula is C16H18FN3O2. The monoisotopic (exact) mass is 303 g/mol. The molecule has 0 saturated heterocycles. The van der Waals surface area contributed by atoms with Crippen LogP contribution in [0.5, 0.6) is 0 Å². The second-order valence-corrected chi connectivity index (χ2v) is 5.05. The maximum atomic E-state index is 13.3. The SMILES string of the molecule is CCOC(=O)/C(C#N)=C\NN1c2ccc(F)cc2CCC1C. The van der Waals surface area contributed by atoms with Gasteiger partial charge in [-0.2, -0.15) is 5.26 Å². The molecule has 1 atom stereocenters. The lowest BCUT2D eigenvalue weighted by Gasteiger charge is -2.36. The molecule has 5 nitrogen and oxygen atoms in total. The van der Waals surface area contributed by atoms with Crippen LogP contribution in [0.3, 0.4) is 0 Å². The first-order valence-corrected chi connectivity index (χ1v) is 7.18. The van der Waals surface area contributed by atoms with Crippen LogP contribution in [0.1, 0.15) is 25.8 Å². The van der Waals surface area contributed by atoms with Crippen LogP contribution in [0.4, 0.5) is 10.1 Å². The molecule has 0 spiro atoms. The van der Waals surface area contributed by atoms with Gasteiger partial charge in [-0.15, -0.1) is 0 Å². The highest BCUT2D eigenvalue weighted by atomic mass is 19.1. The number of esters is 1. The molecule has 0 aliphatic carbocycles. The van der Waals surface area contributed by atoms with Crippen molar-refractivity contribution in [3.8, 4) is 6.07 Å². The Bertz CT molecular complexity index is 637. The highest BCUT2D eigenvalue weighted by Gasteiger charge is 2.23. The fourth-order valence-corrected chi connectivity index (χ4v) is 2.40. The maximum absolute atomic E-state index is 13.3. The van der Waals surface area contributed by atoms with E-state index in [1.54, 1.807) is 13.0 Å². The third-order valence-corrected chi connectivity index (χ3v) is 3.54. The van der Waals surface area contributed by atoms with Gasteiger partial charge in [-0.25, -0.2) is 9.18 Å². The van der Waals surface area contributed by atoms with Gasteiger partial charge in [0.2, 0.25) is 0 Å². The Morgan fingerprint density at radius 2 is 2.41 bits per heavy atom. The van der Waals surface area contributed by atoms with E-state index < -0.39 is 5.97 Å². The topological polar surface area (TPSA) is 65.4 Å². The zero-order valence-corrected chi connectivity index (χ0v) is 12.6. The predicted molar refractivity (Wildman–Crippen MR) is 80.1 cm³/mol. The quantitative estimate of drug-likeness (QED) is 0.526. The number of rotatable bonds is 4. The van der Waals surface area contributed by atoms with Crippen molar-refractivity contribution in [2.75, 3.05) is 11.6 Å².